The number of H-pyrrole nitrogens is 1. The first kappa shape index (κ1) is 18.3. The molecule has 1 saturated heterocycles. The molecular formula is C21H21FN4O2. The van der Waals surface area contributed by atoms with Crippen LogP contribution >= 0.6 is 0 Å². The topological polar surface area (TPSA) is 90.0 Å². The maximum Gasteiger partial charge on any atom is 0.270 e. The van der Waals surface area contributed by atoms with Gasteiger partial charge in [-0.15, -0.1) is 0 Å². The number of aliphatic hydroxyl groups is 1. The van der Waals surface area contributed by atoms with Crippen molar-refractivity contribution in [2.24, 2.45) is 0 Å². The molecule has 28 heavy (non-hydrogen) atoms. The van der Waals surface area contributed by atoms with E-state index in [1.54, 1.807) is 18.2 Å². The van der Waals surface area contributed by atoms with Gasteiger partial charge in [0.25, 0.3) is 5.91 Å². The number of aromatic nitrogens is 2. The van der Waals surface area contributed by atoms with Crippen LogP contribution in [0.4, 0.5) is 4.39 Å². The third kappa shape index (κ3) is 3.30. The minimum absolute atomic E-state index is 0.208. The molecule has 0 unspecified atom stereocenters. The van der Waals surface area contributed by atoms with E-state index in [0.717, 1.165) is 5.56 Å². The van der Waals surface area contributed by atoms with E-state index >= 15 is 0 Å². The number of aromatic amines is 1. The third-order valence-electron chi connectivity index (χ3n) is 5.20. The zero-order chi connectivity index (χ0) is 19.6. The lowest BCUT2D eigenvalue weighted by molar-refractivity contribution is 0.0288. The van der Waals surface area contributed by atoms with Crippen LogP contribution in [0.15, 0.2) is 60.7 Å². The van der Waals surface area contributed by atoms with Gasteiger partial charge in [-0.1, -0.05) is 42.5 Å². The van der Waals surface area contributed by atoms with Crippen molar-refractivity contribution >= 4 is 5.91 Å². The Hall–Kier alpha value is -3.03. The molecule has 2 heterocycles. The summed E-state index contributed by atoms with van der Waals surface area (Å²) in [4.78, 5) is 13.0. The highest BCUT2D eigenvalue weighted by Crippen LogP contribution is 2.31. The zero-order valence-corrected chi connectivity index (χ0v) is 15.2. The lowest BCUT2D eigenvalue weighted by Gasteiger charge is -2.42. The molecule has 0 spiro atoms. The molecule has 3 aromatic rings. The van der Waals surface area contributed by atoms with Crippen LogP contribution in [0.1, 0.15) is 22.5 Å². The molecule has 0 saturated carbocycles. The van der Waals surface area contributed by atoms with E-state index in [9.17, 15) is 14.3 Å². The van der Waals surface area contributed by atoms with Crippen LogP contribution in [0.25, 0.3) is 11.3 Å². The van der Waals surface area contributed by atoms with Crippen molar-refractivity contribution in [1.82, 2.24) is 20.8 Å². The molecular weight excluding hydrogens is 359 g/mol. The van der Waals surface area contributed by atoms with Crippen LogP contribution in [-0.2, 0) is 5.54 Å². The molecule has 0 radical (unpaired) electrons. The number of carbonyl (C=O) groups excluding carboxylic acids is 1. The van der Waals surface area contributed by atoms with Gasteiger partial charge in [0.1, 0.15) is 11.5 Å². The highest BCUT2D eigenvalue weighted by Gasteiger charge is 2.43. The average molecular weight is 380 g/mol. The maximum absolute atomic E-state index is 14.0. The Labute approximate surface area is 161 Å². The second-order valence-corrected chi connectivity index (χ2v) is 6.91. The number of aliphatic hydroxyl groups excluding tert-OH is 1. The summed E-state index contributed by atoms with van der Waals surface area (Å²) in [5, 5.41) is 23.6. The summed E-state index contributed by atoms with van der Waals surface area (Å²) in [6.45, 7) is 1.04. The second kappa shape index (κ2) is 7.53. The fourth-order valence-corrected chi connectivity index (χ4v) is 3.67. The van der Waals surface area contributed by atoms with Crippen molar-refractivity contribution in [2.75, 3.05) is 13.1 Å². The van der Waals surface area contributed by atoms with E-state index in [-0.39, 0.29) is 5.69 Å². The molecule has 1 amide bonds. The summed E-state index contributed by atoms with van der Waals surface area (Å²) in [6.07, 6.45) is -0.250. The molecule has 0 aliphatic carbocycles. The summed E-state index contributed by atoms with van der Waals surface area (Å²) in [6, 6.07) is 17.2. The summed E-state index contributed by atoms with van der Waals surface area (Å²) in [7, 11) is 0. The summed E-state index contributed by atoms with van der Waals surface area (Å²) < 4.78 is 14.0. The number of carbonyl (C=O) groups is 1. The molecule has 144 valence electrons. The third-order valence-corrected chi connectivity index (χ3v) is 5.20. The second-order valence-electron chi connectivity index (χ2n) is 6.91. The molecule has 1 aliphatic rings. The van der Waals surface area contributed by atoms with Crippen LogP contribution < -0.4 is 10.6 Å². The lowest BCUT2D eigenvalue weighted by Crippen LogP contribution is -2.61. The van der Waals surface area contributed by atoms with Gasteiger partial charge >= 0.3 is 0 Å². The molecule has 6 nitrogen and oxygen atoms in total. The van der Waals surface area contributed by atoms with Gasteiger partial charge in [0.05, 0.1) is 17.3 Å². The van der Waals surface area contributed by atoms with Gasteiger partial charge in [0.2, 0.25) is 0 Å². The van der Waals surface area contributed by atoms with Gasteiger partial charge in [-0.25, -0.2) is 4.39 Å². The smallest absolute Gasteiger partial charge is 0.270 e. The highest BCUT2D eigenvalue weighted by molar-refractivity contribution is 5.94. The molecule has 1 aliphatic heterocycles. The first-order valence-electron chi connectivity index (χ1n) is 9.17. The Kier molecular flexibility index (Phi) is 4.93. The van der Waals surface area contributed by atoms with Crippen LogP contribution in [0.2, 0.25) is 0 Å². The Bertz CT molecular complexity index is 975. The number of halogens is 1. The van der Waals surface area contributed by atoms with E-state index < -0.39 is 23.4 Å². The predicted octanol–water partition coefficient (Wildman–Crippen LogP) is 2.20. The van der Waals surface area contributed by atoms with E-state index in [1.807, 2.05) is 30.3 Å². The average Bonchev–Trinajstić information content (AvgIpc) is 3.21. The zero-order valence-electron chi connectivity index (χ0n) is 15.2. The molecule has 4 N–H and O–H groups in total. The van der Waals surface area contributed by atoms with Crippen molar-refractivity contribution in [1.29, 1.82) is 0 Å². The van der Waals surface area contributed by atoms with Crippen molar-refractivity contribution in [3.63, 3.8) is 0 Å². The maximum atomic E-state index is 14.0. The van der Waals surface area contributed by atoms with Gasteiger partial charge in [-0.05, 0) is 36.7 Å². The van der Waals surface area contributed by atoms with Crippen LogP contribution in [0.5, 0.6) is 0 Å². The number of nitrogens with one attached hydrogen (secondary N) is 3. The van der Waals surface area contributed by atoms with Crippen molar-refractivity contribution in [2.45, 2.75) is 18.1 Å². The first-order valence-corrected chi connectivity index (χ1v) is 9.17. The Morgan fingerprint density at radius 3 is 2.68 bits per heavy atom. The first-order chi connectivity index (χ1) is 13.6. The summed E-state index contributed by atoms with van der Waals surface area (Å²) >= 11 is 0. The number of amides is 1. The van der Waals surface area contributed by atoms with Crippen LogP contribution in [-0.4, -0.2) is 40.4 Å². The standard InChI is InChI=1S/C21H21FN4O2/c22-16-9-5-4-8-15(16)17-12-18(26-25-17)20(28)24-21(10-11-23-13-19(21)27)14-6-2-1-3-7-14/h1-9,12,19,23,27H,10-11,13H2,(H,24,28)(H,25,26)/t19-,21+/m1/s1. The number of β-amino-alcohol motifs (C(OH)–C–C–N with tert-alkyl or cyclic N) is 1. The number of nitrogens with zero attached hydrogens (tertiary/aromatic N) is 1. The Balaban J connectivity index is 1.63. The number of hydrogen-bond donors (Lipinski definition) is 4. The minimum Gasteiger partial charge on any atom is -0.389 e. The molecule has 0 bridgehead atoms. The van der Waals surface area contributed by atoms with E-state index in [1.165, 1.54) is 12.1 Å². The van der Waals surface area contributed by atoms with E-state index in [2.05, 4.69) is 20.8 Å². The van der Waals surface area contributed by atoms with Gasteiger partial charge in [0.15, 0.2) is 0 Å². The van der Waals surface area contributed by atoms with E-state index in [0.29, 0.717) is 30.8 Å². The van der Waals surface area contributed by atoms with Gasteiger partial charge in [-0.2, -0.15) is 5.10 Å². The van der Waals surface area contributed by atoms with Gasteiger partial charge in [-0.3, -0.25) is 9.89 Å². The number of rotatable bonds is 4. The molecule has 2 aromatic carbocycles. The van der Waals surface area contributed by atoms with Crippen molar-refractivity contribution in [3.05, 3.63) is 77.7 Å². The van der Waals surface area contributed by atoms with Crippen molar-refractivity contribution < 1.29 is 14.3 Å². The van der Waals surface area contributed by atoms with Crippen molar-refractivity contribution in [3.8, 4) is 11.3 Å². The normalized spacial score (nSPS) is 22.0. The summed E-state index contributed by atoms with van der Waals surface area (Å²) in [5.74, 6) is -0.810. The number of hydrogen-bond acceptors (Lipinski definition) is 4. The monoisotopic (exact) mass is 380 g/mol. The fraction of sp³-hybridized carbons (Fsp3) is 0.238. The predicted molar refractivity (Wildman–Crippen MR) is 103 cm³/mol. The van der Waals surface area contributed by atoms with Gasteiger partial charge in [0, 0.05) is 12.1 Å². The molecule has 2 atom stereocenters. The lowest BCUT2D eigenvalue weighted by atomic mass is 9.79. The van der Waals surface area contributed by atoms with Crippen LogP contribution in [0.3, 0.4) is 0 Å². The highest BCUT2D eigenvalue weighted by atomic mass is 19.1. The quantitative estimate of drug-likeness (QED) is 0.559. The van der Waals surface area contributed by atoms with Crippen LogP contribution in [0, 0.1) is 5.82 Å². The Morgan fingerprint density at radius 1 is 1.18 bits per heavy atom. The van der Waals surface area contributed by atoms with E-state index in [4.69, 9.17) is 0 Å². The fourth-order valence-electron chi connectivity index (χ4n) is 3.67. The van der Waals surface area contributed by atoms with Gasteiger partial charge < -0.3 is 15.7 Å². The number of piperidine rings is 1. The molecule has 4 rings (SSSR count). The molecule has 1 fully saturated rings. The SMILES string of the molecule is O=C(N[C@]1(c2ccccc2)CCNC[C@H]1O)c1cc(-c2ccccc2F)n[nH]1. The largest absolute Gasteiger partial charge is 0.389 e. The number of benzene rings is 2. The molecule has 7 heteroatoms. The Morgan fingerprint density at radius 2 is 1.93 bits per heavy atom. The minimum atomic E-state index is -0.910. The summed E-state index contributed by atoms with van der Waals surface area (Å²) in [5.41, 5.74) is 0.804. The molecule has 1 aromatic heterocycles.